The lowest BCUT2D eigenvalue weighted by Crippen LogP contribution is -2.14. The molecule has 0 heterocycles. The molecule has 2 aromatic carbocycles. The molecular weight excluding hydrogens is 240 g/mol. The molecule has 2 rings (SSSR count). The van der Waals surface area contributed by atoms with E-state index in [0.29, 0.717) is 17.9 Å². The molecule has 0 aromatic heterocycles. The number of oxime groups is 1. The molecule has 4 heteroatoms. The summed E-state index contributed by atoms with van der Waals surface area (Å²) >= 11 is 0. The minimum Gasteiger partial charge on any atom is -0.488 e. The van der Waals surface area contributed by atoms with Crippen LogP contribution >= 0.6 is 0 Å². The van der Waals surface area contributed by atoms with Crippen LogP contribution in [0.25, 0.3) is 0 Å². The average Bonchev–Trinajstić information content (AvgIpc) is 2.46. The van der Waals surface area contributed by atoms with Crippen molar-refractivity contribution in [3.05, 3.63) is 65.2 Å². The lowest BCUT2D eigenvalue weighted by molar-refractivity contribution is 0.302. The second kappa shape index (κ2) is 5.91. The molecule has 0 spiro atoms. The van der Waals surface area contributed by atoms with Gasteiger partial charge < -0.3 is 15.7 Å². The summed E-state index contributed by atoms with van der Waals surface area (Å²) in [5, 5.41) is 11.8. The Morgan fingerprint density at radius 1 is 1.16 bits per heavy atom. The van der Waals surface area contributed by atoms with E-state index in [4.69, 9.17) is 15.7 Å². The number of para-hydroxylation sites is 1. The number of amidine groups is 1. The van der Waals surface area contributed by atoms with Crippen molar-refractivity contribution in [3.8, 4) is 5.75 Å². The maximum atomic E-state index is 8.75. The molecule has 0 aliphatic rings. The highest BCUT2D eigenvalue weighted by Gasteiger charge is 2.08. The van der Waals surface area contributed by atoms with Crippen LogP contribution < -0.4 is 10.5 Å². The second-order valence-corrected chi connectivity index (χ2v) is 4.20. The molecule has 98 valence electrons. The highest BCUT2D eigenvalue weighted by Crippen LogP contribution is 2.19. The molecule has 0 saturated heterocycles. The van der Waals surface area contributed by atoms with Crippen LogP contribution in [-0.4, -0.2) is 11.0 Å². The molecule has 0 unspecified atom stereocenters. The van der Waals surface area contributed by atoms with Crippen LogP contribution in [0, 0.1) is 6.92 Å². The molecule has 0 radical (unpaired) electrons. The fourth-order valence-corrected chi connectivity index (χ4v) is 1.79. The standard InChI is InChI=1S/C15H16N2O2/c1-11-6-2-3-7-12(11)10-19-14-9-5-4-8-13(14)15(16)17-18/h2-9,18H,10H2,1H3,(H2,16,17). The Balaban J connectivity index is 2.19. The van der Waals surface area contributed by atoms with E-state index in [1.165, 1.54) is 5.56 Å². The first-order valence-corrected chi connectivity index (χ1v) is 5.96. The van der Waals surface area contributed by atoms with Gasteiger partial charge in [-0.05, 0) is 30.2 Å². The van der Waals surface area contributed by atoms with E-state index >= 15 is 0 Å². The molecule has 0 amide bonds. The van der Waals surface area contributed by atoms with Gasteiger partial charge in [0.15, 0.2) is 5.84 Å². The van der Waals surface area contributed by atoms with Gasteiger partial charge in [0.2, 0.25) is 0 Å². The second-order valence-electron chi connectivity index (χ2n) is 4.20. The smallest absolute Gasteiger partial charge is 0.173 e. The Labute approximate surface area is 112 Å². The van der Waals surface area contributed by atoms with Crippen LogP contribution in [0.2, 0.25) is 0 Å². The van der Waals surface area contributed by atoms with E-state index in [1.54, 1.807) is 12.1 Å². The summed E-state index contributed by atoms with van der Waals surface area (Å²) in [5.74, 6) is 0.640. The van der Waals surface area contributed by atoms with Gasteiger partial charge in [0, 0.05) is 0 Å². The monoisotopic (exact) mass is 256 g/mol. The molecule has 0 aliphatic carbocycles. The largest absolute Gasteiger partial charge is 0.488 e. The van der Waals surface area contributed by atoms with Crippen molar-refractivity contribution in [3.63, 3.8) is 0 Å². The van der Waals surface area contributed by atoms with E-state index in [1.807, 2.05) is 43.3 Å². The normalized spacial score (nSPS) is 11.3. The third-order valence-corrected chi connectivity index (χ3v) is 2.92. The summed E-state index contributed by atoms with van der Waals surface area (Å²) in [6.07, 6.45) is 0. The highest BCUT2D eigenvalue weighted by molar-refractivity contribution is 5.99. The molecule has 19 heavy (non-hydrogen) atoms. The lowest BCUT2D eigenvalue weighted by Gasteiger charge is -2.11. The molecule has 3 N–H and O–H groups in total. The number of rotatable bonds is 4. The Morgan fingerprint density at radius 3 is 2.58 bits per heavy atom. The van der Waals surface area contributed by atoms with Gasteiger partial charge in [-0.1, -0.05) is 41.6 Å². The molecule has 2 aromatic rings. The van der Waals surface area contributed by atoms with Crippen LogP contribution in [0.1, 0.15) is 16.7 Å². The van der Waals surface area contributed by atoms with Crippen LogP contribution in [0.3, 0.4) is 0 Å². The third-order valence-electron chi connectivity index (χ3n) is 2.92. The Bertz CT molecular complexity index is 594. The summed E-state index contributed by atoms with van der Waals surface area (Å²) in [4.78, 5) is 0. The van der Waals surface area contributed by atoms with Crippen molar-refractivity contribution in [1.29, 1.82) is 0 Å². The number of aryl methyl sites for hydroxylation is 1. The highest BCUT2D eigenvalue weighted by atomic mass is 16.5. The van der Waals surface area contributed by atoms with E-state index in [2.05, 4.69) is 5.16 Å². The van der Waals surface area contributed by atoms with E-state index in [-0.39, 0.29) is 5.84 Å². The van der Waals surface area contributed by atoms with Crippen molar-refractivity contribution in [1.82, 2.24) is 0 Å². The molecule has 0 bridgehead atoms. The predicted octanol–water partition coefficient (Wildman–Crippen LogP) is 2.67. The Hall–Kier alpha value is -2.49. The summed E-state index contributed by atoms with van der Waals surface area (Å²) in [6, 6.07) is 15.2. The fraction of sp³-hybridized carbons (Fsp3) is 0.133. The zero-order valence-corrected chi connectivity index (χ0v) is 10.7. The molecular formula is C15H16N2O2. The number of nitrogens with two attached hydrogens (primary N) is 1. The maximum absolute atomic E-state index is 8.75. The zero-order valence-electron chi connectivity index (χ0n) is 10.7. The quantitative estimate of drug-likeness (QED) is 0.382. The molecule has 0 aliphatic heterocycles. The minimum atomic E-state index is 0.0420. The van der Waals surface area contributed by atoms with Gasteiger partial charge in [-0.25, -0.2) is 0 Å². The van der Waals surface area contributed by atoms with Crippen LogP contribution in [0.15, 0.2) is 53.7 Å². The van der Waals surface area contributed by atoms with Crippen LogP contribution in [0.5, 0.6) is 5.75 Å². The number of ether oxygens (including phenoxy) is 1. The number of benzene rings is 2. The topological polar surface area (TPSA) is 67.8 Å². The van der Waals surface area contributed by atoms with Crippen molar-refractivity contribution in [2.45, 2.75) is 13.5 Å². The van der Waals surface area contributed by atoms with Crippen LogP contribution in [-0.2, 0) is 6.61 Å². The van der Waals surface area contributed by atoms with E-state index in [0.717, 1.165) is 5.56 Å². The number of nitrogens with zero attached hydrogens (tertiary/aromatic N) is 1. The van der Waals surface area contributed by atoms with Crippen molar-refractivity contribution in [2.75, 3.05) is 0 Å². The van der Waals surface area contributed by atoms with E-state index < -0.39 is 0 Å². The third kappa shape index (κ3) is 3.04. The van der Waals surface area contributed by atoms with Gasteiger partial charge >= 0.3 is 0 Å². The molecule has 0 saturated carbocycles. The zero-order chi connectivity index (χ0) is 13.7. The Morgan fingerprint density at radius 2 is 1.84 bits per heavy atom. The number of hydrogen-bond acceptors (Lipinski definition) is 3. The summed E-state index contributed by atoms with van der Waals surface area (Å²) in [5.41, 5.74) is 8.47. The first-order chi connectivity index (χ1) is 9.22. The van der Waals surface area contributed by atoms with Gasteiger partial charge in [-0.2, -0.15) is 0 Å². The summed E-state index contributed by atoms with van der Waals surface area (Å²) in [6.45, 7) is 2.48. The van der Waals surface area contributed by atoms with Crippen molar-refractivity contribution >= 4 is 5.84 Å². The maximum Gasteiger partial charge on any atom is 0.173 e. The van der Waals surface area contributed by atoms with Gasteiger partial charge in [-0.3, -0.25) is 0 Å². The van der Waals surface area contributed by atoms with Crippen molar-refractivity contribution in [2.24, 2.45) is 10.9 Å². The van der Waals surface area contributed by atoms with Crippen molar-refractivity contribution < 1.29 is 9.94 Å². The average molecular weight is 256 g/mol. The molecule has 0 atom stereocenters. The molecule has 0 fully saturated rings. The predicted molar refractivity (Wildman–Crippen MR) is 74.5 cm³/mol. The first kappa shape index (κ1) is 13.0. The number of hydrogen-bond donors (Lipinski definition) is 2. The van der Waals surface area contributed by atoms with E-state index in [9.17, 15) is 0 Å². The lowest BCUT2D eigenvalue weighted by atomic mass is 10.1. The van der Waals surface area contributed by atoms with Gasteiger partial charge in [-0.15, -0.1) is 0 Å². The van der Waals surface area contributed by atoms with Gasteiger partial charge in [0.25, 0.3) is 0 Å². The summed E-state index contributed by atoms with van der Waals surface area (Å²) in [7, 11) is 0. The van der Waals surface area contributed by atoms with Gasteiger partial charge in [0.1, 0.15) is 12.4 Å². The fourth-order valence-electron chi connectivity index (χ4n) is 1.79. The van der Waals surface area contributed by atoms with Gasteiger partial charge in [0.05, 0.1) is 5.56 Å². The SMILES string of the molecule is Cc1ccccc1COc1ccccc1/C(N)=N/O. The minimum absolute atomic E-state index is 0.0420. The molecule has 4 nitrogen and oxygen atoms in total. The Kier molecular flexibility index (Phi) is 4.03. The first-order valence-electron chi connectivity index (χ1n) is 5.96. The van der Waals surface area contributed by atoms with Crippen LogP contribution in [0.4, 0.5) is 0 Å². The summed E-state index contributed by atoms with van der Waals surface area (Å²) < 4.78 is 5.76.